The van der Waals surface area contributed by atoms with E-state index < -0.39 is 80.8 Å². The van der Waals surface area contributed by atoms with Crippen LogP contribution in [0.15, 0.2) is 46.9 Å². The molecule has 7 nitrogen and oxygen atoms in total. The van der Waals surface area contributed by atoms with Crippen molar-refractivity contribution in [3.8, 4) is 5.75 Å². The van der Waals surface area contributed by atoms with Gasteiger partial charge in [-0.3, -0.25) is 9.59 Å². The van der Waals surface area contributed by atoms with Gasteiger partial charge in [-0.05, 0) is 62.3 Å². The first-order chi connectivity index (χ1) is 22.3. The van der Waals surface area contributed by atoms with Crippen LogP contribution in [0.5, 0.6) is 5.75 Å². The Morgan fingerprint density at radius 2 is 1.92 bits per heavy atom. The number of nitrogens with one attached hydrogen (secondary N) is 1. The lowest BCUT2D eigenvalue weighted by Gasteiger charge is -2.30. The third kappa shape index (κ3) is 7.20. The Balaban J connectivity index is 1.87. The van der Waals surface area contributed by atoms with Gasteiger partial charge in [0.05, 0.1) is 11.1 Å². The minimum absolute atomic E-state index is 0.0509. The van der Waals surface area contributed by atoms with Gasteiger partial charge in [-0.2, -0.15) is 0 Å². The lowest BCUT2D eigenvalue weighted by molar-refractivity contribution is -0.275. The quantitative estimate of drug-likeness (QED) is 0.282. The fraction of sp³-hybridized carbons (Fsp3) is 0.393. The van der Waals surface area contributed by atoms with Crippen molar-refractivity contribution in [3.63, 3.8) is 0 Å². The molecule has 0 bridgehead atoms. The standard InChI is InChI=1S/C28H29BrF3N3O4/c1-17-25(21-15-19(29)10-11-22(21)34-26(17)35-13-5-2-6-14-35)27(38)33-16-18(9-12-24(36)37)20-7-3-4-8-23(20)39-28(30,31)32/h3-4,7-8,10-11,15,18H,2,5-6,9,12-14,16H2,1H3,(H,33,38)(H,36,37)/i2D2,5D2,6D2,13D2,14D2. The van der Waals surface area contributed by atoms with Gasteiger partial charge in [0.2, 0.25) is 0 Å². The molecular formula is C28H29BrF3N3O4. The monoisotopic (exact) mass is 617 g/mol. The van der Waals surface area contributed by atoms with Crippen LogP contribution in [0.4, 0.5) is 19.0 Å². The highest BCUT2D eigenvalue weighted by Gasteiger charge is 2.33. The Bertz CT molecular complexity index is 1770. The molecule has 1 aliphatic rings. The minimum Gasteiger partial charge on any atom is -0.481 e. The van der Waals surface area contributed by atoms with E-state index in [2.05, 4.69) is 31.0 Å². The molecule has 4 rings (SSSR count). The number of rotatable bonds is 9. The van der Waals surface area contributed by atoms with E-state index in [1.54, 1.807) is 0 Å². The number of hydrogen-bond acceptors (Lipinski definition) is 5. The number of carboxylic acids is 1. The number of aliphatic carboxylic acids is 1. The molecule has 39 heavy (non-hydrogen) atoms. The van der Waals surface area contributed by atoms with Gasteiger partial charge in [0.1, 0.15) is 11.6 Å². The molecule has 2 heterocycles. The van der Waals surface area contributed by atoms with Crippen LogP contribution in [-0.4, -0.2) is 47.9 Å². The van der Waals surface area contributed by atoms with Gasteiger partial charge in [-0.15, -0.1) is 13.2 Å². The summed E-state index contributed by atoms with van der Waals surface area (Å²) in [7, 11) is 0. The number of aromatic nitrogens is 1. The smallest absolute Gasteiger partial charge is 0.481 e. The zero-order valence-electron chi connectivity index (χ0n) is 30.3. The van der Waals surface area contributed by atoms with Crippen LogP contribution in [0.1, 0.15) is 73.1 Å². The molecule has 0 spiro atoms. The number of para-hydroxylation sites is 1. The average molecular weight is 619 g/mol. The van der Waals surface area contributed by atoms with E-state index in [4.69, 9.17) is 13.7 Å². The number of fused-ring (bicyclic) bond motifs is 1. The molecule has 3 aromatic rings. The molecule has 0 aliphatic carbocycles. The van der Waals surface area contributed by atoms with E-state index in [0.29, 0.717) is 4.47 Å². The first-order valence-electron chi connectivity index (χ1n) is 16.5. The molecule has 1 atom stereocenters. The number of halogens is 4. The van der Waals surface area contributed by atoms with Gasteiger partial charge in [0.25, 0.3) is 5.91 Å². The van der Waals surface area contributed by atoms with Gasteiger partial charge in [0, 0.05) is 61.0 Å². The van der Waals surface area contributed by atoms with Crippen molar-refractivity contribution in [2.45, 2.75) is 51.2 Å². The number of pyridine rings is 1. The van der Waals surface area contributed by atoms with E-state index >= 15 is 0 Å². The Morgan fingerprint density at radius 1 is 1.21 bits per heavy atom. The zero-order chi connectivity index (χ0) is 37.1. The number of amides is 1. The fourth-order valence-electron chi connectivity index (χ4n) is 4.17. The molecule has 0 saturated carbocycles. The second kappa shape index (κ2) is 12.2. The maximum Gasteiger partial charge on any atom is 0.573 e. The highest BCUT2D eigenvalue weighted by molar-refractivity contribution is 9.10. The third-order valence-corrected chi connectivity index (χ3v) is 6.36. The molecule has 0 radical (unpaired) electrons. The predicted molar refractivity (Wildman–Crippen MR) is 145 cm³/mol. The van der Waals surface area contributed by atoms with Gasteiger partial charge in [-0.1, -0.05) is 34.1 Å². The van der Waals surface area contributed by atoms with E-state index in [1.807, 2.05) is 0 Å². The van der Waals surface area contributed by atoms with Crippen LogP contribution in [0, 0.1) is 6.92 Å². The number of carboxylic acid groups (broad SMARTS) is 1. The molecular weight excluding hydrogens is 579 g/mol. The predicted octanol–water partition coefficient (Wildman–Crippen LogP) is 6.57. The van der Waals surface area contributed by atoms with Crippen LogP contribution in [0.3, 0.4) is 0 Å². The van der Waals surface area contributed by atoms with Crippen LogP contribution >= 0.6 is 15.9 Å². The molecule has 1 aliphatic heterocycles. The molecule has 1 amide bonds. The molecule has 1 saturated heterocycles. The Morgan fingerprint density at radius 3 is 2.62 bits per heavy atom. The number of hydrogen-bond donors (Lipinski definition) is 2. The minimum atomic E-state index is -5.08. The summed E-state index contributed by atoms with van der Waals surface area (Å²) >= 11 is 3.28. The molecule has 2 aromatic carbocycles. The molecule has 208 valence electrons. The second-order valence-corrected chi connectivity index (χ2v) is 9.37. The molecule has 1 fully saturated rings. The summed E-state index contributed by atoms with van der Waals surface area (Å²) in [5, 5.41) is 12.0. The van der Waals surface area contributed by atoms with Crippen LogP contribution in [0.2, 0.25) is 0 Å². The van der Waals surface area contributed by atoms with Crippen molar-refractivity contribution in [3.05, 3.63) is 63.6 Å². The van der Waals surface area contributed by atoms with Crippen molar-refractivity contribution < 1.29 is 46.3 Å². The first-order valence-corrected chi connectivity index (χ1v) is 12.3. The second-order valence-electron chi connectivity index (χ2n) is 8.46. The Labute approximate surface area is 246 Å². The van der Waals surface area contributed by atoms with E-state index in [9.17, 15) is 27.9 Å². The summed E-state index contributed by atoms with van der Waals surface area (Å²) in [5.74, 6) is -4.58. The number of piperidine rings is 1. The number of carbonyl (C=O) groups is 2. The summed E-state index contributed by atoms with van der Waals surface area (Å²) < 4.78 is 128. The topological polar surface area (TPSA) is 91.8 Å². The maximum atomic E-state index is 14.0. The van der Waals surface area contributed by atoms with Crippen molar-refractivity contribution in [1.82, 2.24) is 10.3 Å². The normalized spacial score (nSPS) is 25.0. The van der Waals surface area contributed by atoms with E-state index in [-0.39, 0.29) is 38.9 Å². The largest absolute Gasteiger partial charge is 0.573 e. The molecule has 2 N–H and O–H groups in total. The Hall–Kier alpha value is -3.34. The number of anilines is 1. The number of benzene rings is 2. The Kier molecular flexibility index (Phi) is 5.67. The SMILES string of the molecule is [2H]C1([2H])N(c2nc3ccc(Br)cc3c(C(=O)NCC(CCC(=O)O)c3ccccc3OC(F)(F)F)c2C)C([2H])([2H])C([2H])([2H])C([2H])([2H])C1([2H])[2H]. The van der Waals surface area contributed by atoms with Gasteiger partial charge in [0.15, 0.2) is 0 Å². The first kappa shape index (κ1) is 18.1. The average Bonchev–Trinajstić information content (AvgIpc) is 2.96. The summed E-state index contributed by atoms with van der Waals surface area (Å²) in [6.07, 6.45) is -16.9. The molecule has 1 unspecified atom stereocenters. The van der Waals surface area contributed by atoms with Crippen molar-refractivity contribution >= 4 is 44.5 Å². The molecule has 11 heteroatoms. The molecule has 1 aromatic heterocycles. The van der Waals surface area contributed by atoms with Gasteiger partial charge >= 0.3 is 12.3 Å². The zero-order valence-corrected chi connectivity index (χ0v) is 21.9. The highest BCUT2D eigenvalue weighted by atomic mass is 79.9. The lowest BCUT2D eigenvalue weighted by atomic mass is 9.92. The van der Waals surface area contributed by atoms with Crippen LogP contribution in [0.25, 0.3) is 10.9 Å². The van der Waals surface area contributed by atoms with Gasteiger partial charge < -0.3 is 20.1 Å². The maximum absolute atomic E-state index is 14.0. The van der Waals surface area contributed by atoms with Crippen molar-refractivity contribution in [1.29, 1.82) is 0 Å². The lowest BCUT2D eigenvalue weighted by Crippen LogP contribution is -2.33. The number of ether oxygens (including phenoxy) is 1. The van der Waals surface area contributed by atoms with E-state index in [0.717, 1.165) is 6.07 Å². The van der Waals surface area contributed by atoms with Gasteiger partial charge in [-0.25, -0.2) is 4.98 Å². The summed E-state index contributed by atoms with van der Waals surface area (Å²) in [4.78, 5) is 29.7. The van der Waals surface area contributed by atoms with Crippen LogP contribution < -0.4 is 15.0 Å². The fourth-order valence-corrected chi connectivity index (χ4v) is 4.53. The third-order valence-electron chi connectivity index (χ3n) is 5.86. The number of carbonyl (C=O) groups excluding carboxylic acids is 1. The number of nitrogens with zero attached hydrogens (tertiary/aromatic N) is 2. The van der Waals surface area contributed by atoms with E-state index in [1.165, 1.54) is 43.3 Å². The summed E-state index contributed by atoms with van der Waals surface area (Å²) in [5.41, 5.74) is -0.664. The van der Waals surface area contributed by atoms with Crippen LogP contribution in [-0.2, 0) is 4.79 Å². The summed E-state index contributed by atoms with van der Waals surface area (Å²) in [6, 6.07) is 9.27. The summed E-state index contributed by atoms with van der Waals surface area (Å²) in [6.45, 7) is -6.41. The highest BCUT2D eigenvalue weighted by Crippen LogP contribution is 2.35. The van der Waals surface area contributed by atoms with Crippen molar-refractivity contribution in [2.24, 2.45) is 0 Å². The number of alkyl halides is 3. The van der Waals surface area contributed by atoms with Crippen molar-refractivity contribution in [2.75, 3.05) is 24.4 Å².